The SMILES string of the molecule is CCCN(CC)c1ccc(C(=O)N2CCN(S(=O)(=O)c3ccc(F)cc3F)CC2)cc1. The average molecular weight is 452 g/mol. The Morgan fingerprint density at radius 2 is 1.65 bits per heavy atom. The highest BCUT2D eigenvalue weighted by Crippen LogP contribution is 2.22. The van der Waals surface area contributed by atoms with Crippen molar-refractivity contribution in [1.29, 1.82) is 0 Å². The van der Waals surface area contributed by atoms with Crippen molar-refractivity contribution in [2.75, 3.05) is 44.2 Å². The lowest BCUT2D eigenvalue weighted by Gasteiger charge is -2.34. The predicted octanol–water partition coefficient (Wildman–Crippen LogP) is 3.35. The van der Waals surface area contributed by atoms with E-state index in [4.69, 9.17) is 0 Å². The van der Waals surface area contributed by atoms with E-state index >= 15 is 0 Å². The largest absolute Gasteiger partial charge is 0.372 e. The molecule has 1 aliphatic rings. The molecule has 1 fully saturated rings. The summed E-state index contributed by atoms with van der Waals surface area (Å²) >= 11 is 0. The molecule has 0 saturated carbocycles. The van der Waals surface area contributed by atoms with Gasteiger partial charge in [-0.3, -0.25) is 4.79 Å². The maximum Gasteiger partial charge on any atom is 0.253 e. The van der Waals surface area contributed by atoms with Gasteiger partial charge in [0, 0.05) is 56.6 Å². The molecular formula is C22H27F2N3O3S. The van der Waals surface area contributed by atoms with Crippen LogP contribution in [0.1, 0.15) is 30.6 Å². The van der Waals surface area contributed by atoms with Crippen LogP contribution in [0.25, 0.3) is 0 Å². The first-order chi connectivity index (χ1) is 14.8. The number of hydrogen-bond acceptors (Lipinski definition) is 4. The molecule has 0 aromatic heterocycles. The molecule has 1 heterocycles. The van der Waals surface area contributed by atoms with Gasteiger partial charge in [0.05, 0.1) is 0 Å². The maximum absolute atomic E-state index is 14.0. The molecular weight excluding hydrogens is 424 g/mol. The molecule has 0 aliphatic carbocycles. The smallest absolute Gasteiger partial charge is 0.253 e. The number of piperazine rings is 1. The van der Waals surface area contributed by atoms with Crippen LogP contribution in [0.4, 0.5) is 14.5 Å². The summed E-state index contributed by atoms with van der Waals surface area (Å²) in [6.45, 7) is 6.50. The van der Waals surface area contributed by atoms with Crippen molar-refractivity contribution < 1.29 is 22.0 Å². The molecule has 1 amide bonds. The highest BCUT2D eigenvalue weighted by molar-refractivity contribution is 7.89. The lowest BCUT2D eigenvalue weighted by atomic mass is 10.1. The second-order valence-corrected chi connectivity index (χ2v) is 9.30. The maximum atomic E-state index is 14.0. The molecule has 0 radical (unpaired) electrons. The third-order valence-corrected chi connectivity index (χ3v) is 7.32. The van der Waals surface area contributed by atoms with Crippen LogP contribution in [-0.2, 0) is 10.0 Å². The zero-order chi connectivity index (χ0) is 22.6. The zero-order valence-corrected chi connectivity index (χ0v) is 18.5. The second kappa shape index (κ2) is 9.74. The van der Waals surface area contributed by atoms with Crippen LogP contribution in [0.5, 0.6) is 0 Å². The van der Waals surface area contributed by atoms with Crippen molar-refractivity contribution in [3.05, 3.63) is 59.7 Å². The average Bonchev–Trinajstić information content (AvgIpc) is 2.77. The standard InChI is InChI=1S/C22H27F2N3O3S/c1-3-11-25(4-2)19-8-5-17(6-9-19)22(28)26-12-14-27(15-13-26)31(29,30)21-10-7-18(23)16-20(21)24/h5-10,16H,3-4,11-15H2,1-2H3. The Hall–Kier alpha value is -2.52. The Labute approximate surface area is 182 Å². The molecule has 168 valence electrons. The van der Waals surface area contributed by atoms with Crippen molar-refractivity contribution >= 4 is 21.6 Å². The van der Waals surface area contributed by atoms with E-state index < -0.39 is 26.6 Å². The summed E-state index contributed by atoms with van der Waals surface area (Å²) < 4.78 is 53.6. The molecule has 3 rings (SSSR count). The van der Waals surface area contributed by atoms with Gasteiger partial charge >= 0.3 is 0 Å². The zero-order valence-electron chi connectivity index (χ0n) is 17.7. The quantitative estimate of drug-likeness (QED) is 0.648. The molecule has 0 N–H and O–H groups in total. The van der Waals surface area contributed by atoms with Crippen molar-refractivity contribution in [2.24, 2.45) is 0 Å². The van der Waals surface area contributed by atoms with Crippen LogP contribution in [0, 0.1) is 11.6 Å². The molecule has 0 unspecified atom stereocenters. The van der Waals surface area contributed by atoms with Crippen LogP contribution in [0.3, 0.4) is 0 Å². The number of amides is 1. The van der Waals surface area contributed by atoms with Crippen LogP contribution < -0.4 is 4.90 Å². The van der Waals surface area contributed by atoms with Gasteiger partial charge in [-0.25, -0.2) is 17.2 Å². The van der Waals surface area contributed by atoms with Crippen LogP contribution >= 0.6 is 0 Å². The number of sulfonamides is 1. The van der Waals surface area contributed by atoms with Gasteiger partial charge in [-0.15, -0.1) is 0 Å². The Morgan fingerprint density at radius 1 is 1.00 bits per heavy atom. The molecule has 0 atom stereocenters. The van der Waals surface area contributed by atoms with E-state index in [-0.39, 0.29) is 32.1 Å². The highest BCUT2D eigenvalue weighted by atomic mass is 32.2. The molecule has 9 heteroatoms. The van der Waals surface area contributed by atoms with E-state index in [1.807, 2.05) is 12.1 Å². The number of benzene rings is 2. The summed E-state index contributed by atoms with van der Waals surface area (Å²) in [7, 11) is -4.10. The molecule has 31 heavy (non-hydrogen) atoms. The molecule has 1 aliphatic heterocycles. The summed E-state index contributed by atoms with van der Waals surface area (Å²) in [5.74, 6) is -2.13. The summed E-state index contributed by atoms with van der Waals surface area (Å²) in [5.41, 5.74) is 1.59. The monoisotopic (exact) mass is 451 g/mol. The first-order valence-corrected chi connectivity index (χ1v) is 11.8. The first-order valence-electron chi connectivity index (χ1n) is 10.4. The van der Waals surface area contributed by atoms with Crippen LogP contribution in [-0.4, -0.2) is 62.8 Å². The Balaban J connectivity index is 1.65. The minimum Gasteiger partial charge on any atom is -0.372 e. The highest BCUT2D eigenvalue weighted by Gasteiger charge is 2.32. The van der Waals surface area contributed by atoms with Crippen molar-refractivity contribution in [2.45, 2.75) is 25.2 Å². The predicted molar refractivity (Wildman–Crippen MR) is 116 cm³/mol. The Morgan fingerprint density at radius 3 is 2.19 bits per heavy atom. The fourth-order valence-corrected chi connectivity index (χ4v) is 5.16. The number of nitrogens with zero attached hydrogens (tertiary/aromatic N) is 3. The minimum absolute atomic E-state index is 0.0447. The number of anilines is 1. The van der Waals surface area contributed by atoms with Gasteiger partial charge in [0.2, 0.25) is 10.0 Å². The van der Waals surface area contributed by atoms with Gasteiger partial charge in [0.1, 0.15) is 16.5 Å². The summed E-state index contributed by atoms with van der Waals surface area (Å²) in [6, 6.07) is 9.81. The van der Waals surface area contributed by atoms with Gasteiger partial charge in [0.15, 0.2) is 0 Å². The fraction of sp³-hybridized carbons (Fsp3) is 0.409. The minimum atomic E-state index is -4.10. The van der Waals surface area contributed by atoms with Crippen molar-refractivity contribution in [1.82, 2.24) is 9.21 Å². The Bertz CT molecular complexity index is 1020. The molecule has 1 saturated heterocycles. The van der Waals surface area contributed by atoms with Crippen LogP contribution in [0.15, 0.2) is 47.4 Å². The first kappa shape index (κ1) is 23.1. The van der Waals surface area contributed by atoms with Crippen molar-refractivity contribution in [3.8, 4) is 0 Å². The summed E-state index contributed by atoms with van der Waals surface area (Å²) in [5, 5.41) is 0. The Kier molecular flexibility index (Phi) is 7.27. The number of halogens is 2. The van der Waals surface area contributed by atoms with E-state index in [2.05, 4.69) is 18.7 Å². The third-order valence-electron chi connectivity index (χ3n) is 5.39. The molecule has 2 aromatic carbocycles. The van der Waals surface area contributed by atoms with E-state index in [9.17, 15) is 22.0 Å². The fourth-order valence-electron chi connectivity index (χ4n) is 3.69. The van der Waals surface area contributed by atoms with E-state index in [1.165, 1.54) is 0 Å². The molecule has 0 spiro atoms. The number of carbonyl (C=O) groups is 1. The second-order valence-electron chi connectivity index (χ2n) is 7.40. The topological polar surface area (TPSA) is 60.9 Å². The van der Waals surface area contributed by atoms with E-state index in [1.54, 1.807) is 17.0 Å². The third kappa shape index (κ3) is 5.04. The molecule has 2 aromatic rings. The molecule has 0 bridgehead atoms. The lowest BCUT2D eigenvalue weighted by molar-refractivity contribution is 0.0697. The summed E-state index contributed by atoms with van der Waals surface area (Å²) in [4.78, 5) is 16.1. The number of rotatable bonds is 7. The summed E-state index contributed by atoms with van der Waals surface area (Å²) in [6.07, 6.45) is 1.03. The van der Waals surface area contributed by atoms with Gasteiger partial charge in [-0.1, -0.05) is 6.92 Å². The van der Waals surface area contributed by atoms with E-state index in [0.717, 1.165) is 41.6 Å². The van der Waals surface area contributed by atoms with Crippen molar-refractivity contribution in [3.63, 3.8) is 0 Å². The number of carbonyl (C=O) groups excluding carboxylic acids is 1. The van der Waals surface area contributed by atoms with Gasteiger partial charge in [-0.2, -0.15) is 4.31 Å². The van der Waals surface area contributed by atoms with E-state index in [0.29, 0.717) is 11.6 Å². The van der Waals surface area contributed by atoms with Crippen LogP contribution in [0.2, 0.25) is 0 Å². The van der Waals surface area contributed by atoms with Gasteiger partial charge in [-0.05, 0) is 49.7 Å². The van der Waals surface area contributed by atoms with Gasteiger partial charge in [0.25, 0.3) is 5.91 Å². The van der Waals surface area contributed by atoms with Gasteiger partial charge < -0.3 is 9.80 Å². The lowest BCUT2D eigenvalue weighted by Crippen LogP contribution is -2.50. The normalized spacial score (nSPS) is 15.2. The number of hydrogen-bond donors (Lipinski definition) is 0. The molecule has 6 nitrogen and oxygen atoms in total.